The number of aromatic nitrogens is 2. The Morgan fingerprint density at radius 3 is 2.48 bits per heavy atom. The summed E-state index contributed by atoms with van der Waals surface area (Å²) in [5, 5.41) is 5.82. The van der Waals surface area contributed by atoms with Crippen molar-refractivity contribution >= 4 is 11.9 Å². The van der Waals surface area contributed by atoms with E-state index in [9.17, 15) is 9.59 Å². The van der Waals surface area contributed by atoms with Crippen molar-refractivity contribution in [3.8, 4) is 5.69 Å². The third-order valence-corrected chi connectivity index (χ3v) is 5.34. The van der Waals surface area contributed by atoms with Gasteiger partial charge in [0.05, 0.1) is 24.1 Å². The first-order valence-electron chi connectivity index (χ1n) is 9.34. The molecule has 2 aliphatic rings. The van der Waals surface area contributed by atoms with Crippen LogP contribution >= 0.6 is 0 Å². The first-order valence-corrected chi connectivity index (χ1v) is 9.34. The number of rotatable bonds is 5. The van der Waals surface area contributed by atoms with Crippen LogP contribution in [-0.2, 0) is 16.2 Å². The second-order valence-corrected chi connectivity index (χ2v) is 7.07. The van der Waals surface area contributed by atoms with Gasteiger partial charge in [0.25, 0.3) is 0 Å². The molecule has 0 radical (unpaired) electrons. The topological polar surface area (TPSA) is 93.7 Å². The van der Waals surface area contributed by atoms with Crippen molar-refractivity contribution in [1.82, 2.24) is 19.7 Å². The molecule has 8 nitrogen and oxygen atoms in total. The van der Waals surface area contributed by atoms with Crippen molar-refractivity contribution in [3.63, 3.8) is 0 Å². The fourth-order valence-electron chi connectivity index (χ4n) is 4.01. The minimum Gasteiger partial charge on any atom is -0.368 e. The van der Waals surface area contributed by atoms with E-state index in [2.05, 4.69) is 5.10 Å². The SMILES string of the molecule is NC(=O)C1c2c(cnn2-c2ccccc2)[C@H]2CN1C(=O)N2OCc1ccccc1. The predicted octanol–water partition coefficient (Wildman–Crippen LogP) is 2.32. The predicted molar refractivity (Wildman–Crippen MR) is 103 cm³/mol. The number of amides is 3. The van der Waals surface area contributed by atoms with Crippen LogP contribution in [0.25, 0.3) is 5.69 Å². The molecule has 146 valence electrons. The molecule has 0 saturated carbocycles. The molecule has 3 amide bonds. The number of nitrogens with two attached hydrogens (primary N) is 1. The lowest BCUT2D eigenvalue weighted by molar-refractivity contribution is -0.141. The van der Waals surface area contributed by atoms with Crippen LogP contribution in [0.1, 0.15) is 28.9 Å². The average molecular weight is 389 g/mol. The Bertz CT molecular complexity index is 1070. The van der Waals surface area contributed by atoms with E-state index in [-0.39, 0.29) is 18.7 Å². The van der Waals surface area contributed by atoms with E-state index in [1.54, 1.807) is 10.9 Å². The van der Waals surface area contributed by atoms with Crippen molar-refractivity contribution in [1.29, 1.82) is 0 Å². The van der Waals surface area contributed by atoms with Gasteiger partial charge in [-0.25, -0.2) is 9.48 Å². The summed E-state index contributed by atoms with van der Waals surface area (Å²) in [6.07, 6.45) is 1.69. The van der Waals surface area contributed by atoms with Crippen LogP contribution in [0.3, 0.4) is 0 Å². The molecule has 2 atom stereocenters. The molecule has 3 heterocycles. The summed E-state index contributed by atoms with van der Waals surface area (Å²) in [6, 6.07) is 17.4. The number of benzene rings is 2. The largest absolute Gasteiger partial charge is 0.368 e. The summed E-state index contributed by atoms with van der Waals surface area (Å²) in [5.74, 6) is -0.597. The Kier molecular flexibility index (Phi) is 4.06. The Morgan fingerprint density at radius 1 is 1.10 bits per heavy atom. The lowest BCUT2D eigenvalue weighted by Gasteiger charge is -2.29. The van der Waals surface area contributed by atoms with E-state index in [0.717, 1.165) is 16.8 Å². The molecule has 1 saturated heterocycles. The Morgan fingerprint density at radius 2 is 1.79 bits per heavy atom. The van der Waals surface area contributed by atoms with E-state index in [1.807, 2.05) is 60.7 Å². The van der Waals surface area contributed by atoms with E-state index in [1.165, 1.54) is 9.96 Å². The number of hydrogen-bond donors (Lipinski definition) is 1. The van der Waals surface area contributed by atoms with Crippen LogP contribution in [0.2, 0.25) is 0 Å². The highest BCUT2D eigenvalue weighted by Crippen LogP contribution is 2.44. The maximum absolute atomic E-state index is 13.0. The second-order valence-electron chi connectivity index (χ2n) is 7.07. The zero-order chi connectivity index (χ0) is 20.0. The maximum atomic E-state index is 13.0. The van der Waals surface area contributed by atoms with E-state index < -0.39 is 11.9 Å². The van der Waals surface area contributed by atoms with Gasteiger partial charge in [0.15, 0.2) is 6.04 Å². The van der Waals surface area contributed by atoms with E-state index >= 15 is 0 Å². The van der Waals surface area contributed by atoms with E-state index in [4.69, 9.17) is 10.6 Å². The van der Waals surface area contributed by atoms with Crippen LogP contribution in [0.15, 0.2) is 66.9 Å². The number of urea groups is 1. The number of nitrogens with zero attached hydrogens (tertiary/aromatic N) is 4. The fraction of sp³-hybridized carbons (Fsp3) is 0.190. The first kappa shape index (κ1) is 17.4. The summed E-state index contributed by atoms with van der Waals surface area (Å²) < 4.78 is 1.68. The first-order chi connectivity index (χ1) is 14.1. The van der Waals surface area contributed by atoms with Gasteiger partial charge >= 0.3 is 6.03 Å². The maximum Gasteiger partial charge on any atom is 0.345 e. The van der Waals surface area contributed by atoms with Crippen LogP contribution in [0, 0.1) is 0 Å². The molecule has 0 spiro atoms. The molecule has 1 aromatic heterocycles. The molecule has 3 aromatic rings. The van der Waals surface area contributed by atoms with Crippen LogP contribution < -0.4 is 5.73 Å². The number of carbonyl (C=O) groups is 2. The molecular weight excluding hydrogens is 370 g/mol. The van der Waals surface area contributed by atoms with Gasteiger partial charge in [0.2, 0.25) is 5.91 Å². The molecule has 2 aliphatic heterocycles. The number of carbonyl (C=O) groups excluding carboxylic acids is 2. The summed E-state index contributed by atoms with van der Waals surface area (Å²) in [7, 11) is 0. The van der Waals surface area contributed by atoms with Crippen molar-refractivity contribution in [3.05, 3.63) is 83.7 Å². The van der Waals surface area contributed by atoms with Crippen LogP contribution in [0.4, 0.5) is 4.79 Å². The summed E-state index contributed by atoms with van der Waals surface area (Å²) in [4.78, 5) is 32.7. The standard InChI is InChI=1S/C21H19N5O3/c22-20(27)19-18-16(11-23-25(18)15-9-5-2-6-10-15)17-12-24(19)21(28)26(17)29-13-14-7-3-1-4-8-14/h1-11,17,19H,12-13H2,(H2,22,27)/t17-,19?/m1/s1. The van der Waals surface area contributed by atoms with Gasteiger partial charge in [-0.3, -0.25) is 9.63 Å². The molecule has 0 aliphatic carbocycles. The van der Waals surface area contributed by atoms with Gasteiger partial charge in [0.1, 0.15) is 12.6 Å². The van der Waals surface area contributed by atoms with Crippen molar-refractivity contribution in [2.75, 3.05) is 6.54 Å². The molecular formula is C21H19N5O3. The fourth-order valence-corrected chi connectivity index (χ4v) is 4.01. The molecule has 2 N–H and O–H groups in total. The average Bonchev–Trinajstić information content (AvgIpc) is 3.29. The monoisotopic (exact) mass is 389 g/mol. The number of hydroxylamine groups is 2. The number of fused-ring (bicyclic) bond motifs is 4. The zero-order valence-corrected chi connectivity index (χ0v) is 15.5. The molecule has 1 fully saturated rings. The molecule has 29 heavy (non-hydrogen) atoms. The molecule has 1 unspecified atom stereocenters. The number of para-hydroxylation sites is 1. The Balaban J connectivity index is 1.53. The van der Waals surface area contributed by atoms with Crippen molar-refractivity contribution < 1.29 is 14.4 Å². The third-order valence-electron chi connectivity index (χ3n) is 5.34. The van der Waals surface area contributed by atoms with Gasteiger partial charge in [0, 0.05) is 5.56 Å². The van der Waals surface area contributed by atoms with Gasteiger partial charge < -0.3 is 10.6 Å². The summed E-state index contributed by atoms with van der Waals surface area (Å²) in [6.45, 7) is 0.578. The minimum absolute atomic E-state index is 0.250. The molecule has 5 rings (SSSR count). The zero-order valence-electron chi connectivity index (χ0n) is 15.5. The van der Waals surface area contributed by atoms with E-state index in [0.29, 0.717) is 12.2 Å². The quantitative estimate of drug-likeness (QED) is 0.725. The van der Waals surface area contributed by atoms with Crippen molar-refractivity contribution in [2.45, 2.75) is 18.7 Å². The lowest BCUT2D eigenvalue weighted by atomic mass is 9.97. The highest BCUT2D eigenvalue weighted by atomic mass is 16.7. The van der Waals surface area contributed by atoms with Gasteiger partial charge in [-0.1, -0.05) is 48.5 Å². The normalized spacial score (nSPS) is 20.1. The summed E-state index contributed by atoms with van der Waals surface area (Å²) >= 11 is 0. The highest BCUT2D eigenvalue weighted by molar-refractivity contribution is 5.89. The highest BCUT2D eigenvalue weighted by Gasteiger charge is 2.52. The van der Waals surface area contributed by atoms with Crippen LogP contribution in [-0.4, -0.2) is 38.2 Å². The summed E-state index contributed by atoms with van der Waals surface area (Å²) in [5.41, 5.74) is 8.84. The third kappa shape index (κ3) is 2.76. The van der Waals surface area contributed by atoms with Crippen molar-refractivity contribution in [2.24, 2.45) is 5.73 Å². The molecule has 2 aromatic carbocycles. The smallest absolute Gasteiger partial charge is 0.345 e. The Hall–Kier alpha value is -3.65. The van der Waals surface area contributed by atoms with Gasteiger partial charge in [-0.15, -0.1) is 0 Å². The van der Waals surface area contributed by atoms with Gasteiger partial charge in [-0.05, 0) is 17.7 Å². The molecule has 8 heteroatoms. The Labute approximate surface area is 167 Å². The number of primary amides is 1. The van der Waals surface area contributed by atoms with Crippen LogP contribution in [0.5, 0.6) is 0 Å². The molecule has 2 bridgehead atoms. The van der Waals surface area contributed by atoms with Gasteiger partial charge in [-0.2, -0.15) is 10.2 Å². The lowest BCUT2D eigenvalue weighted by Crippen LogP contribution is -2.42. The number of hydrogen-bond acceptors (Lipinski definition) is 4. The minimum atomic E-state index is -0.901. The second kappa shape index (κ2) is 6.75.